The van der Waals surface area contributed by atoms with Gasteiger partial charge in [0.1, 0.15) is 28.4 Å². The molecule has 0 amide bonds. The molecule has 1 aromatic heterocycles. The first-order chi connectivity index (χ1) is 15.7. The Kier molecular flexibility index (Phi) is 7.65. The van der Waals surface area contributed by atoms with Gasteiger partial charge in [-0.15, -0.1) is 11.3 Å². The van der Waals surface area contributed by atoms with Crippen LogP contribution in [-0.2, 0) is 30.8 Å². The minimum absolute atomic E-state index is 0.0113. The highest BCUT2D eigenvalue weighted by Crippen LogP contribution is 2.32. The van der Waals surface area contributed by atoms with Gasteiger partial charge in [0.25, 0.3) is 0 Å². The number of hydrogen-bond donors (Lipinski definition) is 1. The SMILES string of the molecule is CCOC(=O)c1sc(N)c(C#N)c1COC(=O)c1cc(S(=O)(=O)N2CCOCC2)ccc1F. The van der Waals surface area contributed by atoms with Crippen LogP contribution in [0.4, 0.5) is 9.39 Å². The number of nitrogens with zero attached hydrogens (tertiary/aromatic N) is 2. The lowest BCUT2D eigenvalue weighted by molar-refractivity contribution is 0.0448. The summed E-state index contributed by atoms with van der Waals surface area (Å²) in [7, 11) is -3.97. The molecule has 3 rings (SSSR count). The summed E-state index contributed by atoms with van der Waals surface area (Å²) in [5.41, 5.74) is 5.14. The van der Waals surface area contributed by atoms with E-state index in [1.807, 2.05) is 6.07 Å². The van der Waals surface area contributed by atoms with Crippen molar-refractivity contribution in [3.8, 4) is 6.07 Å². The summed E-state index contributed by atoms with van der Waals surface area (Å²) in [4.78, 5) is 24.5. The molecular formula is C20H20FN3O7S2. The third-order valence-electron chi connectivity index (χ3n) is 4.72. The molecule has 33 heavy (non-hydrogen) atoms. The fourth-order valence-electron chi connectivity index (χ4n) is 3.08. The number of sulfonamides is 1. The molecule has 0 aliphatic carbocycles. The van der Waals surface area contributed by atoms with Gasteiger partial charge in [0.2, 0.25) is 10.0 Å². The van der Waals surface area contributed by atoms with Gasteiger partial charge in [0.15, 0.2) is 0 Å². The number of esters is 2. The Hall–Kier alpha value is -3.05. The van der Waals surface area contributed by atoms with Crippen molar-refractivity contribution in [2.45, 2.75) is 18.4 Å². The molecule has 2 aromatic rings. The van der Waals surface area contributed by atoms with Gasteiger partial charge in [-0.25, -0.2) is 22.4 Å². The van der Waals surface area contributed by atoms with E-state index in [1.165, 1.54) is 4.31 Å². The van der Waals surface area contributed by atoms with E-state index in [4.69, 9.17) is 19.9 Å². The molecule has 0 atom stereocenters. The lowest BCUT2D eigenvalue weighted by Gasteiger charge is -2.26. The molecule has 1 saturated heterocycles. The minimum Gasteiger partial charge on any atom is -0.462 e. The lowest BCUT2D eigenvalue weighted by Crippen LogP contribution is -2.40. The van der Waals surface area contributed by atoms with Crippen LogP contribution in [0.5, 0.6) is 0 Å². The van der Waals surface area contributed by atoms with E-state index >= 15 is 0 Å². The molecule has 0 saturated carbocycles. The van der Waals surface area contributed by atoms with E-state index in [1.54, 1.807) is 6.92 Å². The van der Waals surface area contributed by atoms with Crippen LogP contribution in [0.3, 0.4) is 0 Å². The predicted molar refractivity (Wildman–Crippen MR) is 115 cm³/mol. The number of nitriles is 1. The van der Waals surface area contributed by atoms with Gasteiger partial charge in [-0.3, -0.25) is 0 Å². The van der Waals surface area contributed by atoms with Crippen molar-refractivity contribution in [3.05, 3.63) is 45.6 Å². The van der Waals surface area contributed by atoms with Crippen LogP contribution in [0.25, 0.3) is 0 Å². The number of benzene rings is 1. The molecule has 10 nitrogen and oxygen atoms in total. The largest absolute Gasteiger partial charge is 0.462 e. The number of morpholine rings is 1. The predicted octanol–water partition coefficient (Wildman–Crippen LogP) is 1.90. The van der Waals surface area contributed by atoms with Crippen molar-refractivity contribution in [2.75, 3.05) is 38.6 Å². The average molecular weight is 498 g/mol. The minimum atomic E-state index is -3.97. The second-order valence-electron chi connectivity index (χ2n) is 6.72. The monoisotopic (exact) mass is 497 g/mol. The van der Waals surface area contributed by atoms with E-state index in [9.17, 15) is 27.7 Å². The number of thiophene rings is 1. The van der Waals surface area contributed by atoms with Gasteiger partial charge in [-0.05, 0) is 25.1 Å². The van der Waals surface area contributed by atoms with Gasteiger partial charge in [0.05, 0.1) is 35.8 Å². The summed E-state index contributed by atoms with van der Waals surface area (Å²) in [6.07, 6.45) is 0. The quantitative estimate of drug-likeness (QED) is 0.566. The number of carbonyl (C=O) groups is 2. The van der Waals surface area contributed by atoms with Crippen LogP contribution in [-0.4, -0.2) is 57.6 Å². The summed E-state index contributed by atoms with van der Waals surface area (Å²) in [5, 5.41) is 9.38. The Morgan fingerprint density at radius 2 is 1.97 bits per heavy atom. The van der Waals surface area contributed by atoms with Crippen LogP contribution in [0.2, 0.25) is 0 Å². The van der Waals surface area contributed by atoms with E-state index in [0.717, 1.165) is 29.5 Å². The molecular weight excluding hydrogens is 477 g/mol. The Morgan fingerprint density at radius 1 is 1.27 bits per heavy atom. The number of ether oxygens (including phenoxy) is 3. The van der Waals surface area contributed by atoms with Gasteiger partial charge < -0.3 is 19.9 Å². The van der Waals surface area contributed by atoms with Gasteiger partial charge in [-0.2, -0.15) is 9.57 Å². The van der Waals surface area contributed by atoms with E-state index < -0.39 is 39.9 Å². The number of nitrogen functional groups attached to an aromatic ring is 1. The Labute approximate surface area is 193 Å². The molecule has 1 aliphatic heterocycles. The normalized spacial score (nSPS) is 14.5. The third-order valence-corrected chi connectivity index (χ3v) is 7.66. The number of rotatable bonds is 7. The fraction of sp³-hybridized carbons (Fsp3) is 0.350. The van der Waals surface area contributed by atoms with E-state index in [-0.39, 0.29) is 58.8 Å². The van der Waals surface area contributed by atoms with Crippen molar-refractivity contribution in [3.63, 3.8) is 0 Å². The summed E-state index contributed by atoms with van der Waals surface area (Å²) in [5.74, 6) is -2.90. The second kappa shape index (κ2) is 10.3. The van der Waals surface area contributed by atoms with Crippen LogP contribution >= 0.6 is 11.3 Å². The van der Waals surface area contributed by atoms with Gasteiger partial charge in [0, 0.05) is 18.7 Å². The molecule has 2 heterocycles. The fourth-order valence-corrected chi connectivity index (χ4v) is 5.43. The summed E-state index contributed by atoms with van der Waals surface area (Å²) >= 11 is 0.806. The number of nitrogens with two attached hydrogens (primary N) is 1. The Balaban J connectivity index is 1.85. The highest BCUT2D eigenvalue weighted by Gasteiger charge is 2.29. The number of anilines is 1. The molecule has 13 heteroatoms. The topological polar surface area (TPSA) is 149 Å². The standard InChI is InChI=1S/C20H20FN3O7S2/c1-2-30-20(26)17-15(14(10-22)18(23)32-17)11-31-19(25)13-9-12(3-4-16(13)21)33(27,28)24-5-7-29-8-6-24/h3-4,9H,2,5-8,11,23H2,1H3. The van der Waals surface area contributed by atoms with Crippen molar-refractivity contribution in [2.24, 2.45) is 0 Å². The molecule has 1 fully saturated rings. The third kappa shape index (κ3) is 5.14. The van der Waals surface area contributed by atoms with Crippen molar-refractivity contribution in [1.29, 1.82) is 5.26 Å². The van der Waals surface area contributed by atoms with Gasteiger partial charge >= 0.3 is 11.9 Å². The molecule has 0 spiro atoms. The van der Waals surface area contributed by atoms with Crippen molar-refractivity contribution < 1.29 is 36.6 Å². The molecule has 2 N–H and O–H groups in total. The van der Waals surface area contributed by atoms with Crippen LogP contribution in [0.1, 0.15) is 38.1 Å². The lowest BCUT2D eigenvalue weighted by atomic mass is 10.1. The molecule has 176 valence electrons. The maximum absolute atomic E-state index is 14.4. The molecule has 0 unspecified atom stereocenters. The van der Waals surface area contributed by atoms with Crippen molar-refractivity contribution >= 4 is 38.3 Å². The highest BCUT2D eigenvalue weighted by atomic mass is 32.2. The molecule has 1 aliphatic rings. The van der Waals surface area contributed by atoms with Crippen LogP contribution < -0.4 is 5.73 Å². The number of carbonyl (C=O) groups excluding carboxylic acids is 2. The maximum atomic E-state index is 14.4. The molecule has 1 aromatic carbocycles. The van der Waals surface area contributed by atoms with Crippen LogP contribution in [0, 0.1) is 17.1 Å². The smallest absolute Gasteiger partial charge is 0.348 e. The van der Waals surface area contributed by atoms with E-state index in [2.05, 4.69) is 0 Å². The zero-order chi connectivity index (χ0) is 24.2. The first-order valence-corrected chi connectivity index (χ1v) is 12.0. The second-order valence-corrected chi connectivity index (χ2v) is 9.71. The first-order valence-electron chi connectivity index (χ1n) is 9.73. The maximum Gasteiger partial charge on any atom is 0.348 e. The molecule has 0 radical (unpaired) electrons. The highest BCUT2D eigenvalue weighted by molar-refractivity contribution is 7.89. The van der Waals surface area contributed by atoms with E-state index in [0.29, 0.717) is 0 Å². The first kappa shape index (κ1) is 24.6. The zero-order valence-electron chi connectivity index (χ0n) is 17.5. The molecule has 0 bridgehead atoms. The Bertz CT molecular complexity index is 1210. The van der Waals surface area contributed by atoms with Gasteiger partial charge in [-0.1, -0.05) is 0 Å². The zero-order valence-corrected chi connectivity index (χ0v) is 19.1. The number of hydrogen-bond acceptors (Lipinski definition) is 10. The number of halogens is 1. The van der Waals surface area contributed by atoms with Crippen molar-refractivity contribution in [1.82, 2.24) is 4.31 Å². The summed E-state index contributed by atoms with van der Waals surface area (Å²) in [6, 6.07) is 4.65. The summed E-state index contributed by atoms with van der Waals surface area (Å²) < 4.78 is 56.4. The summed E-state index contributed by atoms with van der Waals surface area (Å²) in [6.45, 7) is 1.82. The van der Waals surface area contributed by atoms with Crippen LogP contribution in [0.15, 0.2) is 23.1 Å². The Morgan fingerprint density at radius 3 is 2.61 bits per heavy atom. The average Bonchev–Trinajstić information content (AvgIpc) is 3.13.